The summed E-state index contributed by atoms with van der Waals surface area (Å²) < 4.78 is 0. The third kappa shape index (κ3) is 4.23. The Balaban J connectivity index is 0.00000324. The average Bonchev–Trinajstić information content (AvgIpc) is 2.13. The molecule has 0 heterocycles. The molecule has 0 unspecified atom stereocenters. The fraction of sp³-hybridized carbons (Fsp3) is 0.533. The Morgan fingerprint density at radius 1 is 1.00 bits per heavy atom. The molecular weight excluding hydrogens is 251 g/mol. The third-order valence-electron chi connectivity index (χ3n) is 2.95. The molecule has 0 aliphatic carbocycles. The molecule has 0 bridgehead atoms. The molecule has 3 nitrogen and oxygen atoms in total. The molecule has 1 rings (SSSR count). The van der Waals surface area contributed by atoms with Gasteiger partial charge in [-0.1, -0.05) is 41.5 Å². The van der Waals surface area contributed by atoms with Crippen LogP contribution in [0.5, 0.6) is 5.75 Å². The summed E-state index contributed by atoms with van der Waals surface area (Å²) in [7, 11) is 0. The van der Waals surface area contributed by atoms with Crippen molar-refractivity contribution < 1.29 is 44.6 Å². The summed E-state index contributed by atoms with van der Waals surface area (Å²) in [5, 5.41) is 21.6. The maximum atomic E-state index is 12.4. The Labute approximate surface area is 137 Å². The summed E-state index contributed by atoms with van der Waals surface area (Å²) in [4.78, 5) is 11.2. The molecule has 0 saturated carbocycles. The molecule has 100 valence electrons. The van der Waals surface area contributed by atoms with E-state index in [1.807, 2.05) is 41.5 Å². The normalized spacial score (nSPS) is 11.9. The number of rotatable bonds is 1. The molecule has 0 amide bonds. The van der Waals surface area contributed by atoms with Crippen LogP contribution in [0.25, 0.3) is 0 Å². The molecule has 0 fully saturated rings. The van der Waals surface area contributed by atoms with Gasteiger partial charge in [0.05, 0.1) is 5.56 Å². The number of carbonyl (C=O) groups is 1. The van der Waals surface area contributed by atoms with E-state index in [1.54, 1.807) is 0 Å². The van der Waals surface area contributed by atoms with Crippen molar-refractivity contribution in [1.82, 2.24) is 0 Å². The van der Waals surface area contributed by atoms with E-state index in [4.69, 9.17) is 5.11 Å². The smallest absolute Gasteiger partial charge is 0.872 e. The second-order valence-corrected chi connectivity index (χ2v) is 6.71. The van der Waals surface area contributed by atoms with Crippen LogP contribution in [-0.4, -0.2) is 11.1 Å². The molecule has 1 aromatic rings. The van der Waals surface area contributed by atoms with Crippen molar-refractivity contribution >= 4 is 5.97 Å². The minimum absolute atomic E-state index is 0. The topological polar surface area (TPSA) is 60.4 Å². The Kier molecular flexibility index (Phi) is 5.70. The van der Waals surface area contributed by atoms with Crippen molar-refractivity contribution in [2.24, 2.45) is 0 Å². The number of hydrogen-bond donors (Lipinski definition) is 1. The average molecular weight is 272 g/mol. The maximum Gasteiger partial charge on any atom is 1.00 e. The van der Waals surface area contributed by atoms with Gasteiger partial charge in [0.2, 0.25) is 0 Å². The molecule has 0 saturated heterocycles. The quantitative estimate of drug-likeness (QED) is 0.735. The first-order chi connectivity index (χ1) is 7.94. The van der Waals surface area contributed by atoms with Crippen LogP contribution >= 0.6 is 0 Å². The van der Waals surface area contributed by atoms with Gasteiger partial charge in [0.25, 0.3) is 0 Å². The van der Waals surface area contributed by atoms with Crippen molar-refractivity contribution in [2.75, 3.05) is 0 Å². The first-order valence-electron chi connectivity index (χ1n) is 6.04. The predicted molar refractivity (Wildman–Crippen MR) is 70.2 cm³/mol. The molecule has 1 N–H and O–H groups in total. The van der Waals surface area contributed by atoms with E-state index in [9.17, 15) is 9.90 Å². The summed E-state index contributed by atoms with van der Waals surface area (Å²) in [5.41, 5.74) is 0.592. The fourth-order valence-electron chi connectivity index (χ4n) is 1.87. The van der Waals surface area contributed by atoms with Crippen LogP contribution in [0.15, 0.2) is 12.1 Å². The third-order valence-corrected chi connectivity index (χ3v) is 2.95. The molecule has 0 aliphatic rings. The molecule has 19 heavy (non-hydrogen) atoms. The van der Waals surface area contributed by atoms with E-state index >= 15 is 0 Å². The summed E-state index contributed by atoms with van der Waals surface area (Å²) in [6, 6.07) is 3.00. The van der Waals surface area contributed by atoms with Crippen molar-refractivity contribution in [2.45, 2.75) is 52.4 Å². The van der Waals surface area contributed by atoms with Gasteiger partial charge in [-0.25, -0.2) is 4.79 Å². The molecule has 1 aromatic carbocycles. The van der Waals surface area contributed by atoms with Crippen molar-refractivity contribution in [1.29, 1.82) is 0 Å². The van der Waals surface area contributed by atoms with E-state index in [-0.39, 0.29) is 51.7 Å². The summed E-state index contributed by atoms with van der Waals surface area (Å²) in [6.45, 7) is 11.5. The van der Waals surface area contributed by atoms with Crippen LogP contribution < -0.4 is 34.7 Å². The SMILES string of the molecule is CC(C)(C)c1cc(C(=O)O)cc(C(C)(C)C)c1[O-].[Na+]. The summed E-state index contributed by atoms with van der Waals surface area (Å²) >= 11 is 0. The second kappa shape index (κ2) is 5.86. The number of benzene rings is 1. The van der Waals surface area contributed by atoms with Crippen molar-refractivity contribution in [3.8, 4) is 5.75 Å². The number of aromatic carboxylic acids is 1. The van der Waals surface area contributed by atoms with Crippen LogP contribution in [0, 0.1) is 0 Å². The van der Waals surface area contributed by atoms with Crippen LogP contribution in [0.4, 0.5) is 0 Å². The fourth-order valence-corrected chi connectivity index (χ4v) is 1.87. The maximum absolute atomic E-state index is 12.4. The minimum atomic E-state index is -0.994. The summed E-state index contributed by atoms with van der Waals surface area (Å²) in [5.74, 6) is -1.04. The van der Waals surface area contributed by atoms with Crippen molar-refractivity contribution in [3.63, 3.8) is 0 Å². The summed E-state index contributed by atoms with van der Waals surface area (Å²) in [6.07, 6.45) is 0. The van der Waals surface area contributed by atoms with E-state index in [0.717, 1.165) is 0 Å². The second-order valence-electron chi connectivity index (χ2n) is 6.71. The van der Waals surface area contributed by atoms with Gasteiger partial charge in [-0.15, -0.1) is 5.75 Å². The zero-order valence-corrected chi connectivity index (χ0v) is 14.9. The van der Waals surface area contributed by atoms with E-state index in [2.05, 4.69) is 0 Å². The van der Waals surface area contributed by atoms with E-state index in [1.165, 1.54) is 12.1 Å². The van der Waals surface area contributed by atoms with Gasteiger partial charge in [0, 0.05) is 0 Å². The van der Waals surface area contributed by atoms with Gasteiger partial charge < -0.3 is 10.2 Å². The van der Waals surface area contributed by atoms with Crippen LogP contribution in [0.1, 0.15) is 63.0 Å². The van der Waals surface area contributed by atoms with Gasteiger partial charge in [0.1, 0.15) is 0 Å². The zero-order valence-electron chi connectivity index (χ0n) is 12.9. The zero-order chi connectivity index (χ0) is 14.3. The largest absolute Gasteiger partial charge is 1.00 e. The van der Waals surface area contributed by atoms with Crippen LogP contribution in [0.2, 0.25) is 0 Å². The monoisotopic (exact) mass is 272 g/mol. The van der Waals surface area contributed by atoms with Gasteiger partial charge in [-0.3, -0.25) is 0 Å². The molecule has 0 aliphatic heterocycles. The van der Waals surface area contributed by atoms with Gasteiger partial charge >= 0.3 is 35.5 Å². The Hall–Kier alpha value is -0.510. The van der Waals surface area contributed by atoms with Gasteiger partial charge in [-0.05, 0) is 34.1 Å². The Morgan fingerprint density at radius 3 is 1.53 bits per heavy atom. The number of hydrogen-bond acceptors (Lipinski definition) is 2. The molecule has 0 aromatic heterocycles. The molecule has 4 heteroatoms. The standard InChI is InChI=1S/C15H22O3.Na/c1-14(2,3)10-7-9(13(17)18)8-11(12(10)16)15(4,5)6;/h7-8,16H,1-6H3,(H,17,18);/q;+1/p-1. The first kappa shape index (κ1) is 18.5. The van der Waals surface area contributed by atoms with Gasteiger partial charge in [-0.2, -0.15) is 0 Å². The van der Waals surface area contributed by atoms with E-state index in [0.29, 0.717) is 11.1 Å². The Bertz CT molecular complexity index is 444. The van der Waals surface area contributed by atoms with Crippen LogP contribution in [0.3, 0.4) is 0 Å². The molecule has 0 radical (unpaired) electrons. The molecular formula is C15H21NaO3. The molecule has 0 spiro atoms. The minimum Gasteiger partial charge on any atom is -0.872 e. The molecule has 0 atom stereocenters. The first-order valence-corrected chi connectivity index (χ1v) is 6.04. The predicted octanol–water partition coefficient (Wildman–Crippen LogP) is 0.0574. The Morgan fingerprint density at radius 2 is 1.32 bits per heavy atom. The van der Waals surface area contributed by atoms with Crippen LogP contribution in [-0.2, 0) is 10.8 Å². The van der Waals surface area contributed by atoms with E-state index < -0.39 is 5.97 Å². The number of carboxylic acids is 1. The van der Waals surface area contributed by atoms with Gasteiger partial charge in [0.15, 0.2) is 0 Å². The number of carboxylic acid groups (broad SMARTS) is 1. The van der Waals surface area contributed by atoms with Crippen molar-refractivity contribution in [3.05, 3.63) is 28.8 Å².